The summed E-state index contributed by atoms with van der Waals surface area (Å²) < 4.78 is 0. The number of urea groups is 1. The van der Waals surface area contributed by atoms with Crippen LogP contribution in [0.4, 0.5) is 4.79 Å². The standard InChI is InChI=1S/C6H13N2O/c1-2-3-4-5-8-6(7)9/h5H,2-4H2,1H3,(H3,7,8,9). The fraction of sp³-hybridized carbons (Fsp3) is 0.667. The minimum Gasteiger partial charge on any atom is -0.352 e. The second-order valence-corrected chi connectivity index (χ2v) is 1.85. The van der Waals surface area contributed by atoms with Gasteiger partial charge in [0, 0.05) is 0 Å². The van der Waals surface area contributed by atoms with Crippen LogP contribution in [0.1, 0.15) is 26.2 Å². The molecule has 0 spiro atoms. The van der Waals surface area contributed by atoms with Crippen molar-refractivity contribution in [1.29, 1.82) is 0 Å². The lowest BCUT2D eigenvalue weighted by molar-refractivity contribution is 0.250. The Labute approximate surface area is 55.6 Å². The highest BCUT2D eigenvalue weighted by molar-refractivity contribution is 5.72. The molecule has 3 nitrogen and oxygen atoms in total. The van der Waals surface area contributed by atoms with Crippen LogP contribution >= 0.6 is 0 Å². The van der Waals surface area contributed by atoms with Crippen molar-refractivity contribution in [2.75, 3.05) is 0 Å². The van der Waals surface area contributed by atoms with Gasteiger partial charge in [0.25, 0.3) is 0 Å². The summed E-state index contributed by atoms with van der Waals surface area (Å²) in [5, 5.41) is 2.39. The molecule has 0 aliphatic carbocycles. The summed E-state index contributed by atoms with van der Waals surface area (Å²) in [4.78, 5) is 10.0. The zero-order chi connectivity index (χ0) is 7.11. The number of amides is 2. The average molecular weight is 129 g/mol. The third kappa shape index (κ3) is 7.27. The first-order valence-corrected chi connectivity index (χ1v) is 3.15. The molecule has 0 rings (SSSR count). The van der Waals surface area contributed by atoms with Gasteiger partial charge in [-0.1, -0.05) is 19.8 Å². The largest absolute Gasteiger partial charge is 0.352 e. The maximum atomic E-state index is 10.0. The summed E-state index contributed by atoms with van der Waals surface area (Å²) in [5.74, 6) is 0. The number of nitrogens with two attached hydrogens (primary N) is 1. The normalized spacial score (nSPS) is 9.00. The Hall–Kier alpha value is -0.730. The van der Waals surface area contributed by atoms with Gasteiger partial charge in [-0.05, 0) is 6.42 Å². The third-order valence-corrected chi connectivity index (χ3v) is 0.946. The van der Waals surface area contributed by atoms with E-state index in [1.54, 1.807) is 6.54 Å². The lowest BCUT2D eigenvalue weighted by atomic mass is 10.2. The molecule has 0 saturated carbocycles. The molecule has 0 aromatic carbocycles. The highest BCUT2D eigenvalue weighted by Crippen LogP contribution is 1.93. The summed E-state index contributed by atoms with van der Waals surface area (Å²) in [6.07, 6.45) is 3.14. The van der Waals surface area contributed by atoms with Gasteiger partial charge in [-0.2, -0.15) is 0 Å². The molecule has 0 heterocycles. The number of primary amides is 1. The number of unbranched alkanes of at least 4 members (excludes halogenated alkanes) is 2. The molecule has 9 heavy (non-hydrogen) atoms. The van der Waals surface area contributed by atoms with Crippen LogP contribution in [0.15, 0.2) is 0 Å². The third-order valence-electron chi connectivity index (χ3n) is 0.946. The molecular formula is C6H13N2O. The molecule has 0 aromatic heterocycles. The highest BCUT2D eigenvalue weighted by atomic mass is 16.2. The molecule has 3 heteroatoms. The Morgan fingerprint density at radius 2 is 2.44 bits per heavy atom. The molecule has 0 aliphatic heterocycles. The number of hydrogen-bond donors (Lipinski definition) is 2. The molecule has 0 atom stereocenters. The van der Waals surface area contributed by atoms with Crippen LogP contribution in [0.5, 0.6) is 0 Å². The second kappa shape index (κ2) is 5.41. The maximum absolute atomic E-state index is 10.0. The van der Waals surface area contributed by atoms with E-state index in [4.69, 9.17) is 5.73 Å². The predicted octanol–water partition coefficient (Wildman–Crippen LogP) is 1.01. The summed E-state index contributed by atoms with van der Waals surface area (Å²) in [6, 6.07) is -0.480. The monoisotopic (exact) mass is 129 g/mol. The Balaban J connectivity index is 2.83. The van der Waals surface area contributed by atoms with Gasteiger partial charge in [0.2, 0.25) is 0 Å². The first-order chi connectivity index (χ1) is 4.27. The number of carbonyl (C=O) groups is 1. The van der Waals surface area contributed by atoms with Crippen LogP contribution in [-0.4, -0.2) is 6.03 Å². The van der Waals surface area contributed by atoms with Crippen molar-refractivity contribution >= 4 is 6.03 Å². The van der Waals surface area contributed by atoms with Crippen molar-refractivity contribution < 1.29 is 4.79 Å². The van der Waals surface area contributed by atoms with E-state index in [1.807, 2.05) is 0 Å². The molecule has 2 amide bonds. The average Bonchev–Trinajstić information content (AvgIpc) is 1.80. The number of carbonyl (C=O) groups excluding carboxylic acids is 1. The van der Waals surface area contributed by atoms with Gasteiger partial charge >= 0.3 is 6.03 Å². The summed E-state index contributed by atoms with van der Waals surface area (Å²) in [7, 11) is 0. The van der Waals surface area contributed by atoms with E-state index in [9.17, 15) is 4.79 Å². The first-order valence-electron chi connectivity index (χ1n) is 3.15. The highest BCUT2D eigenvalue weighted by Gasteiger charge is 1.89. The molecule has 0 unspecified atom stereocenters. The molecule has 0 fully saturated rings. The Morgan fingerprint density at radius 3 is 2.89 bits per heavy atom. The van der Waals surface area contributed by atoms with Gasteiger partial charge in [-0.3, -0.25) is 0 Å². The molecule has 53 valence electrons. The fourth-order valence-electron chi connectivity index (χ4n) is 0.479. The van der Waals surface area contributed by atoms with E-state index >= 15 is 0 Å². The van der Waals surface area contributed by atoms with Crippen molar-refractivity contribution in [3.8, 4) is 0 Å². The zero-order valence-electron chi connectivity index (χ0n) is 5.68. The van der Waals surface area contributed by atoms with Gasteiger partial charge in [-0.15, -0.1) is 0 Å². The molecule has 0 bridgehead atoms. The number of rotatable bonds is 4. The van der Waals surface area contributed by atoms with Crippen LogP contribution in [0.2, 0.25) is 0 Å². The van der Waals surface area contributed by atoms with E-state index in [0.29, 0.717) is 0 Å². The van der Waals surface area contributed by atoms with Crippen molar-refractivity contribution in [3.05, 3.63) is 6.54 Å². The fourth-order valence-corrected chi connectivity index (χ4v) is 0.479. The van der Waals surface area contributed by atoms with E-state index in [2.05, 4.69) is 12.2 Å². The molecule has 0 aromatic rings. The maximum Gasteiger partial charge on any atom is 0.312 e. The second-order valence-electron chi connectivity index (χ2n) is 1.85. The van der Waals surface area contributed by atoms with Crippen molar-refractivity contribution in [3.63, 3.8) is 0 Å². The lowest BCUT2D eigenvalue weighted by Crippen LogP contribution is -2.26. The van der Waals surface area contributed by atoms with Crippen molar-refractivity contribution in [1.82, 2.24) is 5.32 Å². The lowest BCUT2D eigenvalue weighted by Gasteiger charge is -1.97. The summed E-state index contributed by atoms with van der Waals surface area (Å²) in [6.45, 7) is 3.78. The molecular weight excluding hydrogens is 116 g/mol. The predicted molar refractivity (Wildman–Crippen MR) is 36.5 cm³/mol. The molecule has 0 aliphatic rings. The zero-order valence-corrected chi connectivity index (χ0v) is 5.68. The first kappa shape index (κ1) is 8.27. The van der Waals surface area contributed by atoms with E-state index in [-0.39, 0.29) is 0 Å². The molecule has 1 radical (unpaired) electrons. The van der Waals surface area contributed by atoms with Gasteiger partial charge in [0.1, 0.15) is 0 Å². The van der Waals surface area contributed by atoms with Crippen LogP contribution in [0.3, 0.4) is 0 Å². The van der Waals surface area contributed by atoms with Crippen molar-refractivity contribution in [2.24, 2.45) is 5.73 Å². The minimum absolute atomic E-state index is 0.480. The van der Waals surface area contributed by atoms with Gasteiger partial charge in [0.05, 0.1) is 6.54 Å². The Morgan fingerprint density at radius 1 is 1.78 bits per heavy atom. The van der Waals surface area contributed by atoms with Gasteiger partial charge < -0.3 is 11.1 Å². The Kier molecular flexibility index (Phi) is 4.97. The summed E-state index contributed by atoms with van der Waals surface area (Å²) in [5.41, 5.74) is 4.79. The quantitative estimate of drug-likeness (QED) is 0.547. The van der Waals surface area contributed by atoms with Crippen molar-refractivity contribution in [2.45, 2.75) is 26.2 Å². The van der Waals surface area contributed by atoms with Gasteiger partial charge in [-0.25, -0.2) is 4.79 Å². The topological polar surface area (TPSA) is 55.1 Å². The Bertz CT molecular complexity index is 83.1. The minimum atomic E-state index is -0.480. The van der Waals surface area contributed by atoms with E-state index in [1.165, 1.54) is 0 Å². The van der Waals surface area contributed by atoms with Crippen LogP contribution in [0.25, 0.3) is 0 Å². The van der Waals surface area contributed by atoms with Crippen LogP contribution < -0.4 is 11.1 Å². The molecule has 3 N–H and O–H groups in total. The smallest absolute Gasteiger partial charge is 0.312 e. The number of nitrogens with one attached hydrogen (secondary N) is 1. The number of hydrogen-bond acceptors (Lipinski definition) is 1. The van der Waals surface area contributed by atoms with Crippen LogP contribution in [0, 0.1) is 6.54 Å². The van der Waals surface area contributed by atoms with Crippen LogP contribution in [-0.2, 0) is 0 Å². The van der Waals surface area contributed by atoms with E-state index < -0.39 is 6.03 Å². The van der Waals surface area contributed by atoms with Gasteiger partial charge in [0.15, 0.2) is 0 Å². The van der Waals surface area contributed by atoms with E-state index in [0.717, 1.165) is 19.3 Å². The SMILES string of the molecule is CCCC[CH]NC(N)=O. The molecule has 0 saturated heterocycles. The summed E-state index contributed by atoms with van der Waals surface area (Å²) >= 11 is 0.